The molecule has 8 rings (SSSR count). The van der Waals surface area contributed by atoms with Gasteiger partial charge in [0, 0.05) is 59.8 Å². The third kappa shape index (κ3) is 8.86. The summed E-state index contributed by atoms with van der Waals surface area (Å²) in [5.74, 6) is 1.00. The van der Waals surface area contributed by atoms with Crippen molar-refractivity contribution in [1.82, 2.24) is 15.0 Å². The van der Waals surface area contributed by atoms with Crippen molar-refractivity contribution in [2.75, 3.05) is 43.5 Å². The fraction of sp³-hybridized carbons (Fsp3) is 0.300. The molecule has 15 heteroatoms. The van der Waals surface area contributed by atoms with Gasteiger partial charge in [-0.3, -0.25) is 19.1 Å². The highest BCUT2D eigenvalue weighted by Gasteiger charge is 2.66. The van der Waals surface area contributed by atoms with Gasteiger partial charge < -0.3 is 39.6 Å². The second-order valence-electron chi connectivity index (χ2n) is 17.1. The number of amides is 3. The Hall–Kier alpha value is -6.81. The molecule has 0 unspecified atom stereocenters. The molecule has 0 saturated carbocycles. The van der Waals surface area contributed by atoms with Crippen molar-refractivity contribution in [3.8, 4) is 17.2 Å². The number of nitrogens with zero attached hydrogens (tertiary/aromatic N) is 4. The summed E-state index contributed by atoms with van der Waals surface area (Å²) in [5.41, 5.74) is 3.53. The summed E-state index contributed by atoms with van der Waals surface area (Å²) in [7, 11) is 2.32. The zero-order valence-corrected chi connectivity index (χ0v) is 38.4. The molecule has 1 aromatic heterocycles. The number of hydrogen-bond donors (Lipinski definition) is 3. The molecule has 6 aromatic rings. The summed E-state index contributed by atoms with van der Waals surface area (Å²) in [6.07, 6.45) is 2.42. The van der Waals surface area contributed by atoms with Crippen molar-refractivity contribution in [2.45, 2.75) is 63.2 Å². The molecule has 5 aromatic carbocycles. The largest absolute Gasteiger partial charge is 0.497 e. The highest BCUT2D eigenvalue weighted by atomic mass is 28.3. The molecule has 336 valence electrons. The number of hydrogen-bond acceptors (Lipinski definition) is 10. The van der Waals surface area contributed by atoms with Crippen molar-refractivity contribution >= 4 is 48.0 Å². The number of aryl methyl sites for hydroxylation is 1. The molecule has 65 heavy (non-hydrogen) atoms. The molecular weight excluding hydrogens is 841 g/mol. The number of aliphatic hydroxyl groups is 1. The second-order valence-corrected chi connectivity index (χ2v) is 21.8. The van der Waals surface area contributed by atoms with E-state index < -0.39 is 13.7 Å². The number of rotatable bonds is 16. The Bertz CT molecular complexity index is 2650. The molecule has 1 fully saturated rings. The number of carbonyl (C=O) groups is 3. The first kappa shape index (κ1) is 44.8. The van der Waals surface area contributed by atoms with E-state index in [1.807, 2.05) is 60.8 Å². The van der Waals surface area contributed by atoms with Crippen LogP contribution in [-0.2, 0) is 34.6 Å². The van der Waals surface area contributed by atoms with Crippen molar-refractivity contribution in [2.24, 2.45) is 5.92 Å². The Morgan fingerprint density at radius 1 is 0.785 bits per heavy atom. The van der Waals surface area contributed by atoms with Crippen LogP contribution in [0, 0.1) is 5.92 Å². The lowest BCUT2D eigenvalue weighted by atomic mass is 9.82. The van der Waals surface area contributed by atoms with Crippen LogP contribution in [0.2, 0.25) is 18.6 Å². The highest BCUT2D eigenvalue weighted by Crippen LogP contribution is 2.60. The molecule has 3 N–H and O–H groups in total. The highest BCUT2D eigenvalue weighted by molar-refractivity contribution is 6.91. The quantitative estimate of drug-likeness (QED) is 0.0847. The topological polar surface area (TPSA) is 166 Å². The molecule has 0 radical (unpaired) electrons. The van der Waals surface area contributed by atoms with E-state index in [0.717, 1.165) is 11.3 Å². The predicted octanol–water partition coefficient (Wildman–Crippen LogP) is 7.20. The van der Waals surface area contributed by atoms with Crippen molar-refractivity contribution < 1.29 is 38.4 Å². The molecule has 0 aliphatic carbocycles. The summed E-state index contributed by atoms with van der Waals surface area (Å²) in [6.45, 7) is 7.48. The summed E-state index contributed by atoms with van der Waals surface area (Å²) in [4.78, 5) is 44.1. The minimum atomic E-state index is -2.49. The maximum atomic E-state index is 15.6. The zero-order valence-electron chi connectivity index (χ0n) is 37.4. The second kappa shape index (κ2) is 18.7. The number of ether oxygens (including phenoxy) is 4. The summed E-state index contributed by atoms with van der Waals surface area (Å²) in [5, 5.41) is 25.3. The first-order valence-electron chi connectivity index (χ1n) is 21.7. The van der Waals surface area contributed by atoms with Gasteiger partial charge in [-0.05, 0) is 109 Å². The molecule has 3 amide bonds. The Morgan fingerprint density at radius 2 is 1.34 bits per heavy atom. The van der Waals surface area contributed by atoms with E-state index in [1.54, 1.807) is 79.4 Å². The Balaban J connectivity index is 1.15. The van der Waals surface area contributed by atoms with E-state index in [1.165, 1.54) is 5.19 Å². The Morgan fingerprint density at radius 3 is 1.91 bits per heavy atom. The van der Waals surface area contributed by atoms with Crippen LogP contribution in [0.15, 0.2) is 121 Å². The van der Waals surface area contributed by atoms with Gasteiger partial charge in [-0.1, -0.05) is 54.7 Å². The monoisotopic (exact) mass is 894 g/mol. The van der Waals surface area contributed by atoms with Gasteiger partial charge in [0.1, 0.15) is 17.2 Å². The molecule has 14 nitrogen and oxygen atoms in total. The lowest BCUT2D eigenvalue weighted by molar-refractivity contribution is -0.146. The number of benzene rings is 5. The Labute approximate surface area is 379 Å². The number of nitrogens with one attached hydrogen (secondary N) is 2. The van der Waals surface area contributed by atoms with E-state index in [0.29, 0.717) is 70.3 Å². The molecule has 0 bridgehead atoms. The minimum absolute atomic E-state index is 0.0277. The van der Waals surface area contributed by atoms with E-state index in [-0.39, 0.29) is 48.4 Å². The van der Waals surface area contributed by atoms with Gasteiger partial charge in [0.25, 0.3) is 17.7 Å². The third-order valence-electron chi connectivity index (χ3n) is 12.9. The molecule has 1 saturated heterocycles. The smallest absolute Gasteiger partial charge is 0.264 e. The standard InChI is InChI=1S/C50H54N6O8Si/c1-32-46(65(5,6)42-22-20-41(63-4)21-23-42)45(25-27-55-31-38(26-28-57)53-54-55)64-50(32)43-29-37(52-48(59)35-11-18-40(62-3)19-12-35)15-24-44(43)56(49(50)60)30-33-7-13-36(14-8-33)51-47(58)34-9-16-39(61-2)17-10-34/h7-24,29,31-32,45-46,57H,25-28,30H2,1-6H3,(H,51,58)(H,52,59)/t32-,45+,46-,50+/m0/s1. The minimum Gasteiger partial charge on any atom is -0.497 e. The first-order chi connectivity index (χ1) is 31.4. The van der Waals surface area contributed by atoms with Crippen LogP contribution >= 0.6 is 0 Å². The van der Waals surface area contributed by atoms with E-state index in [9.17, 15) is 14.7 Å². The van der Waals surface area contributed by atoms with Crippen molar-refractivity contribution in [3.63, 3.8) is 0 Å². The summed E-state index contributed by atoms with van der Waals surface area (Å²) < 4.78 is 25.2. The van der Waals surface area contributed by atoms with Crippen LogP contribution < -0.4 is 34.9 Å². The van der Waals surface area contributed by atoms with Crippen molar-refractivity contribution in [3.05, 3.63) is 149 Å². The van der Waals surface area contributed by atoms with Gasteiger partial charge in [0.2, 0.25) is 0 Å². The van der Waals surface area contributed by atoms with Gasteiger partial charge in [0.15, 0.2) is 5.60 Å². The number of methoxy groups -OCH3 is 3. The van der Waals surface area contributed by atoms with Crippen LogP contribution in [0.5, 0.6) is 17.2 Å². The molecule has 2 aliphatic rings. The first-order valence-corrected chi connectivity index (χ1v) is 24.7. The van der Waals surface area contributed by atoms with E-state index in [2.05, 4.69) is 53.1 Å². The summed E-state index contributed by atoms with van der Waals surface area (Å²) >= 11 is 0. The lowest BCUT2D eigenvalue weighted by Crippen LogP contribution is -2.51. The predicted molar refractivity (Wildman–Crippen MR) is 251 cm³/mol. The van der Waals surface area contributed by atoms with Gasteiger partial charge >= 0.3 is 0 Å². The van der Waals surface area contributed by atoms with E-state index in [4.69, 9.17) is 18.9 Å². The summed E-state index contributed by atoms with van der Waals surface area (Å²) in [6, 6.07) is 35.0. The normalized spacial score (nSPS) is 19.0. The maximum Gasteiger partial charge on any atom is 0.264 e. The van der Waals surface area contributed by atoms with Crippen molar-refractivity contribution in [1.29, 1.82) is 0 Å². The molecule has 4 atom stereocenters. The van der Waals surface area contributed by atoms with Crippen LogP contribution in [-0.4, -0.2) is 79.9 Å². The number of aliphatic hydroxyl groups excluding tert-OH is 1. The zero-order chi connectivity index (χ0) is 45.9. The fourth-order valence-electron chi connectivity index (χ4n) is 9.52. The van der Waals surface area contributed by atoms with Gasteiger partial charge in [-0.15, -0.1) is 5.10 Å². The fourth-order valence-corrected chi connectivity index (χ4v) is 13.6. The molecular formula is C50H54N6O8Si. The van der Waals surface area contributed by atoms with Crippen LogP contribution in [0.4, 0.5) is 17.1 Å². The molecule has 3 heterocycles. The Kier molecular flexibility index (Phi) is 12.9. The van der Waals surface area contributed by atoms with Crippen LogP contribution in [0.25, 0.3) is 0 Å². The number of anilines is 3. The number of aromatic nitrogens is 3. The average Bonchev–Trinajstić information content (AvgIpc) is 3.98. The molecule has 1 spiro atoms. The average molecular weight is 895 g/mol. The number of fused-ring (bicyclic) bond motifs is 2. The third-order valence-corrected chi connectivity index (χ3v) is 17.3. The number of carbonyl (C=O) groups excluding carboxylic acids is 3. The van der Waals surface area contributed by atoms with E-state index >= 15 is 4.79 Å². The SMILES string of the molecule is COc1ccc(C(=O)Nc2ccc(CN3C(=O)[C@]4(O[C@H](CCn5cc(CCO)nn5)[C@@H]([Si](C)(C)c5ccc(OC)cc5)[C@@H]4C)c4cc(NC(=O)c5ccc(OC)cc5)ccc43)cc2)cc1. The van der Waals surface area contributed by atoms with Gasteiger partial charge in [-0.2, -0.15) is 0 Å². The van der Waals surface area contributed by atoms with Crippen LogP contribution in [0.3, 0.4) is 0 Å². The van der Waals surface area contributed by atoms with Gasteiger partial charge in [0.05, 0.1) is 53.4 Å². The lowest BCUT2D eigenvalue weighted by Gasteiger charge is -2.37. The maximum absolute atomic E-state index is 15.6. The molecule has 2 aliphatic heterocycles. The van der Waals surface area contributed by atoms with Crippen LogP contribution in [0.1, 0.15) is 50.9 Å². The van der Waals surface area contributed by atoms with Gasteiger partial charge in [-0.25, -0.2) is 0 Å².